The predicted octanol–water partition coefficient (Wildman–Crippen LogP) is 2.43. The molecule has 0 fully saturated rings. The number of hydrogen-bond donors (Lipinski definition) is 1. The monoisotopic (exact) mass is 211 g/mol. The summed E-state index contributed by atoms with van der Waals surface area (Å²) in [6.45, 7) is 5.23. The minimum atomic E-state index is -0.177. The molecule has 1 rings (SSSR count). The highest BCUT2D eigenvalue weighted by atomic mass is 19.1. The minimum Gasteiger partial charge on any atom is -0.383 e. The van der Waals surface area contributed by atoms with E-state index in [1.54, 1.807) is 13.2 Å². The fourth-order valence-corrected chi connectivity index (χ4v) is 1.60. The molecule has 0 amide bonds. The molecule has 1 aromatic carbocycles. The molecule has 0 spiro atoms. The maximum Gasteiger partial charge on any atom is 0.128 e. The van der Waals surface area contributed by atoms with Gasteiger partial charge < -0.3 is 10.1 Å². The van der Waals surface area contributed by atoms with Crippen molar-refractivity contribution in [3.05, 3.63) is 35.1 Å². The zero-order valence-corrected chi connectivity index (χ0v) is 9.51. The molecule has 0 saturated carbocycles. The van der Waals surface area contributed by atoms with Crippen LogP contribution in [0.2, 0.25) is 0 Å². The van der Waals surface area contributed by atoms with E-state index >= 15 is 0 Å². The molecule has 0 aliphatic carbocycles. The van der Waals surface area contributed by atoms with Gasteiger partial charge >= 0.3 is 0 Å². The van der Waals surface area contributed by atoms with Crippen molar-refractivity contribution in [3.63, 3.8) is 0 Å². The quantitative estimate of drug-likeness (QED) is 0.807. The van der Waals surface area contributed by atoms with Crippen molar-refractivity contribution in [1.82, 2.24) is 5.32 Å². The van der Waals surface area contributed by atoms with Gasteiger partial charge in [-0.2, -0.15) is 0 Å². The Balaban J connectivity index is 2.93. The van der Waals surface area contributed by atoms with Crippen molar-refractivity contribution >= 4 is 0 Å². The largest absolute Gasteiger partial charge is 0.383 e. The summed E-state index contributed by atoms with van der Waals surface area (Å²) in [6, 6.07) is 5.07. The number of benzene rings is 1. The van der Waals surface area contributed by atoms with E-state index in [4.69, 9.17) is 4.74 Å². The lowest BCUT2D eigenvalue weighted by molar-refractivity contribution is 0.166. The SMILES string of the molecule is CCNC(COC)c1cc(C)ccc1F. The van der Waals surface area contributed by atoms with Crippen LogP contribution in [0.25, 0.3) is 0 Å². The van der Waals surface area contributed by atoms with E-state index in [1.165, 1.54) is 6.07 Å². The van der Waals surface area contributed by atoms with Crippen LogP contribution in [-0.4, -0.2) is 20.3 Å². The summed E-state index contributed by atoms with van der Waals surface area (Å²) in [5.41, 5.74) is 1.74. The van der Waals surface area contributed by atoms with Crippen molar-refractivity contribution in [2.75, 3.05) is 20.3 Å². The van der Waals surface area contributed by atoms with Crippen LogP contribution in [-0.2, 0) is 4.74 Å². The van der Waals surface area contributed by atoms with E-state index in [0.717, 1.165) is 12.1 Å². The summed E-state index contributed by atoms with van der Waals surface area (Å²) in [5.74, 6) is -0.177. The Morgan fingerprint density at radius 2 is 2.20 bits per heavy atom. The second-order valence-electron chi connectivity index (χ2n) is 3.59. The van der Waals surface area contributed by atoms with Gasteiger partial charge in [-0.3, -0.25) is 0 Å². The lowest BCUT2D eigenvalue weighted by atomic mass is 10.0. The second kappa shape index (κ2) is 5.83. The highest BCUT2D eigenvalue weighted by molar-refractivity contribution is 5.27. The average Bonchev–Trinajstić information content (AvgIpc) is 2.21. The summed E-state index contributed by atoms with van der Waals surface area (Å²) < 4.78 is 18.6. The maximum absolute atomic E-state index is 13.6. The number of methoxy groups -OCH3 is 1. The van der Waals surface area contributed by atoms with Gasteiger partial charge in [0.1, 0.15) is 5.82 Å². The first-order chi connectivity index (χ1) is 7.19. The first kappa shape index (κ1) is 12.1. The van der Waals surface area contributed by atoms with Crippen LogP contribution in [0.4, 0.5) is 4.39 Å². The number of rotatable bonds is 5. The third-order valence-corrected chi connectivity index (χ3v) is 2.31. The topological polar surface area (TPSA) is 21.3 Å². The number of hydrogen-bond acceptors (Lipinski definition) is 2. The van der Waals surface area contributed by atoms with E-state index < -0.39 is 0 Å². The molecule has 0 aromatic heterocycles. The van der Waals surface area contributed by atoms with E-state index in [1.807, 2.05) is 19.9 Å². The van der Waals surface area contributed by atoms with E-state index in [0.29, 0.717) is 12.2 Å². The van der Waals surface area contributed by atoms with Crippen LogP contribution >= 0.6 is 0 Å². The van der Waals surface area contributed by atoms with Gasteiger partial charge in [0.2, 0.25) is 0 Å². The molecule has 0 radical (unpaired) electrons. The van der Waals surface area contributed by atoms with Gasteiger partial charge in [0.25, 0.3) is 0 Å². The molecule has 1 unspecified atom stereocenters. The molecular formula is C12H18FNO. The summed E-state index contributed by atoms with van der Waals surface area (Å²) in [5, 5.41) is 3.20. The van der Waals surface area contributed by atoms with Crippen molar-refractivity contribution in [2.24, 2.45) is 0 Å². The Morgan fingerprint density at radius 3 is 2.80 bits per heavy atom. The molecular weight excluding hydrogens is 193 g/mol. The lowest BCUT2D eigenvalue weighted by Crippen LogP contribution is -2.25. The molecule has 3 heteroatoms. The summed E-state index contributed by atoms with van der Waals surface area (Å²) in [4.78, 5) is 0. The second-order valence-corrected chi connectivity index (χ2v) is 3.59. The lowest BCUT2D eigenvalue weighted by Gasteiger charge is -2.18. The summed E-state index contributed by atoms with van der Waals surface area (Å²) in [6.07, 6.45) is 0. The molecule has 0 bridgehead atoms. The Kier molecular flexibility index (Phi) is 4.72. The predicted molar refractivity (Wildman–Crippen MR) is 59.4 cm³/mol. The van der Waals surface area contributed by atoms with Gasteiger partial charge in [0.15, 0.2) is 0 Å². The average molecular weight is 211 g/mol. The van der Waals surface area contributed by atoms with Crippen LogP contribution in [0.5, 0.6) is 0 Å². The number of likely N-dealkylation sites (N-methyl/N-ethyl adjacent to an activating group) is 1. The highest BCUT2D eigenvalue weighted by Crippen LogP contribution is 2.18. The standard InChI is InChI=1S/C12H18FNO/c1-4-14-12(8-15-3)10-7-9(2)5-6-11(10)13/h5-7,12,14H,4,8H2,1-3H3. The van der Waals surface area contributed by atoms with E-state index in [9.17, 15) is 4.39 Å². The van der Waals surface area contributed by atoms with E-state index in [-0.39, 0.29) is 11.9 Å². The Labute approximate surface area is 90.4 Å². The zero-order chi connectivity index (χ0) is 11.3. The van der Waals surface area contributed by atoms with Crippen molar-refractivity contribution < 1.29 is 9.13 Å². The number of nitrogens with one attached hydrogen (secondary N) is 1. The smallest absolute Gasteiger partial charge is 0.128 e. The first-order valence-corrected chi connectivity index (χ1v) is 5.17. The number of halogens is 1. The van der Waals surface area contributed by atoms with Crippen molar-refractivity contribution in [2.45, 2.75) is 19.9 Å². The first-order valence-electron chi connectivity index (χ1n) is 5.17. The molecule has 0 aliphatic rings. The molecule has 15 heavy (non-hydrogen) atoms. The minimum absolute atomic E-state index is 0.0695. The Hall–Kier alpha value is -0.930. The van der Waals surface area contributed by atoms with Crippen LogP contribution in [0, 0.1) is 12.7 Å². The van der Waals surface area contributed by atoms with Crippen LogP contribution in [0.1, 0.15) is 24.1 Å². The van der Waals surface area contributed by atoms with Gasteiger partial charge in [-0.15, -0.1) is 0 Å². The van der Waals surface area contributed by atoms with Gasteiger partial charge in [0, 0.05) is 12.7 Å². The van der Waals surface area contributed by atoms with Gasteiger partial charge in [0.05, 0.1) is 12.6 Å². The normalized spacial score (nSPS) is 12.8. The van der Waals surface area contributed by atoms with Gasteiger partial charge in [-0.25, -0.2) is 4.39 Å². The van der Waals surface area contributed by atoms with Gasteiger partial charge in [-0.05, 0) is 19.5 Å². The van der Waals surface area contributed by atoms with Crippen LogP contribution < -0.4 is 5.32 Å². The third-order valence-electron chi connectivity index (χ3n) is 2.31. The Bertz CT molecular complexity index is 308. The van der Waals surface area contributed by atoms with Crippen molar-refractivity contribution in [3.8, 4) is 0 Å². The molecule has 0 aliphatic heterocycles. The zero-order valence-electron chi connectivity index (χ0n) is 9.51. The van der Waals surface area contributed by atoms with Crippen LogP contribution in [0.15, 0.2) is 18.2 Å². The Morgan fingerprint density at radius 1 is 1.47 bits per heavy atom. The third kappa shape index (κ3) is 3.29. The van der Waals surface area contributed by atoms with Gasteiger partial charge in [-0.1, -0.05) is 24.6 Å². The van der Waals surface area contributed by atoms with E-state index in [2.05, 4.69) is 5.32 Å². The molecule has 1 aromatic rings. The summed E-state index contributed by atoms with van der Waals surface area (Å²) >= 11 is 0. The van der Waals surface area contributed by atoms with Crippen LogP contribution in [0.3, 0.4) is 0 Å². The fraction of sp³-hybridized carbons (Fsp3) is 0.500. The molecule has 0 heterocycles. The number of ether oxygens (including phenoxy) is 1. The number of aryl methyl sites for hydroxylation is 1. The molecule has 2 nitrogen and oxygen atoms in total. The molecule has 0 saturated heterocycles. The fourth-order valence-electron chi connectivity index (χ4n) is 1.60. The maximum atomic E-state index is 13.6. The van der Waals surface area contributed by atoms with Crippen molar-refractivity contribution in [1.29, 1.82) is 0 Å². The highest BCUT2D eigenvalue weighted by Gasteiger charge is 2.14. The molecule has 84 valence electrons. The summed E-state index contributed by atoms with van der Waals surface area (Å²) in [7, 11) is 1.62. The molecule has 1 atom stereocenters. The molecule has 1 N–H and O–H groups in total.